The van der Waals surface area contributed by atoms with Crippen LogP contribution >= 0.6 is 0 Å². The summed E-state index contributed by atoms with van der Waals surface area (Å²) in [6, 6.07) is 0.375. The standard InChI is InChI=1S/C14H27N3O/c1-4-16(5-2)10-6-7-12(3)17-11-15-14(8-9-14)13(17)18/h12,15H,4-11H2,1-3H3. The quantitative estimate of drug-likeness (QED) is 0.745. The first kappa shape index (κ1) is 13.8. The van der Waals surface area contributed by atoms with Gasteiger partial charge in [-0.25, -0.2) is 0 Å². The summed E-state index contributed by atoms with van der Waals surface area (Å²) in [4.78, 5) is 16.7. The van der Waals surface area contributed by atoms with Crippen molar-refractivity contribution in [2.75, 3.05) is 26.3 Å². The summed E-state index contributed by atoms with van der Waals surface area (Å²) in [5, 5.41) is 3.38. The van der Waals surface area contributed by atoms with Crippen molar-refractivity contribution in [2.45, 2.75) is 58.0 Å². The minimum atomic E-state index is -0.132. The molecule has 104 valence electrons. The van der Waals surface area contributed by atoms with E-state index >= 15 is 0 Å². The van der Waals surface area contributed by atoms with Gasteiger partial charge in [-0.1, -0.05) is 13.8 Å². The van der Waals surface area contributed by atoms with E-state index in [1.54, 1.807) is 0 Å². The fourth-order valence-corrected chi connectivity index (χ4v) is 2.84. The molecule has 2 rings (SSSR count). The van der Waals surface area contributed by atoms with Crippen LogP contribution in [0.3, 0.4) is 0 Å². The highest BCUT2D eigenvalue weighted by atomic mass is 16.2. The van der Waals surface area contributed by atoms with Gasteiger partial charge < -0.3 is 9.80 Å². The van der Waals surface area contributed by atoms with Crippen LogP contribution in [0.15, 0.2) is 0 Å². The van der Waals surface area contributed by atoms with Crippen LogP contribution in [0.25, 0.3) is 0 Å². The molecule has 0 bridgehead atoms. The van der Waals surface area contributed by atoms with E-state index in [0.29, 0.717) is 11.9 Å². The Bertz CT molecular complexity index is 297. The average molecular weight is 253 g/mol. The third kappa shape index (κ3) is 2.69. The molecule has 2 aliphatic rings. The van der Waals surface area contributed by atoms with Crippen LogP contribution in [0.1, 0.15) is 46.5 Å². The maximum absolute atomic E-state index is 12.2. The maximum atomic E-state index is 12.2. The molecule has 1 heterocycles. The van der Waals surface area contributed by atoms with Crippen molar-refractivity contribution in [2.24, 2.45) is 0 Å². The van der Waals surface area contributed by atoms with Gasteiger partial charge in [0.1, 0.15) is 0 Å². The van der Waals surface area contributed by atoms with Gasteiger partial charge in [-0.3, -0.25) is 10.1 Å². The number of rotatable bonds is 7. The minimum absolute atomic E-state index is 0.132. The van der Waals surface area contributed by atoms with Crippen molar-refractivity contribution in [3.05, 3.63) is 0 Å². The number of hydrogen-bond acceptors (Lipinski definition) is 3. The molecule has 0 aromatic rings. The van der Waals surface area contributed by atoms with Gasteiger partial charge in [0.2, 0.25) is 5.91 Å². The van der Waals surface area contributed by atoms with E-state index in [9.17, 15) is 4.79 Å². The lowest BCUT2D eigenvalue weighted by atomic mass is 10.1. The molecule has 1 atom stereocenters. The second kappa shape index (κ2) is 5.57. The van der Waals surface area contributed by atoms with Crippen molar-refractivity contribution in [3.63, 3.8) is 0 Å². The average Bonchev–Trinajstić information content (AvgIpc) is 3.08. The summed E-state index contributed by atoms with van der Waals surface area (Å²) in [7, 11) is 0. The number of hydrogen-bond donors (Lipinski definition) is 1. The molecule has 4 nitrogen and oxygen atoms in total. The number of nitrogens with zero attached hydrogens (tertiary/aromatic N) is 2. The predicted molar refractivity (Wildman–Crippen MR) is 73.3 cm³/mol. The van der Waals surface area contributed by atoms with Crippen LogP contribution < -0.4 is 5.32 Å². The van der Waals surface area contributed by atoms with Gasteiger partial charge in [-0.15, -0.1) is 0 Å². The Kier molecular flexibility index (Phi) is 4.28. The van der Waals surface area contributed by atoms with Crippen molar-refractivity contribution in [3.8, 4) is 0 Å². The molecule has 1 N–H and O–H groups in total. The van der Waals surface area contributed by atoms with E-state index < -0.39 is 0 Å². The molecule has 1 saturated carbocycles. The van der Waals surface area contributed by atoms with Crippen LogP contribution in [-0.2, 0) is 4.79 Å². The molecule has 4 heteroatoms. The van der Waals surface area contributed by atoms with Crippen molar-refractivity contribution >= 4 is 5.91 Å². The van der Waals surface area contributed by atoms with E-state index in [4.69, 9.17) is 0 Å². The molecular weight excluding hydrogens is 226 g/mol. The first-order chi connectivity index (χ1) is 8.63. The summed E-state index contributed by atoms with van der Waals surface area (Å²) >= 11 is 0. The molecule has 0 aromatic carbocycles. The first-order valence-corrected chi connectivity index (χ1v) is 7.41. The Labute approximate surface area is 111 Å². The van der Waals surface area contributed by atoms with E-state index in [1.807, 2.05) is 4.90 Å². The summed E-state index contributed by atoms with van der Waals surface area (Å²) in [5.74, 6) is 0.345. The smallest absolute Gasteiger partial charge is 0.244 e. The Balaban J connectivity index is 1.72. The fourth-order valence-electron chi connectivity index (χ4n) is 2.84. The van der Waals surface area contributed by atoms with Gasteiger partial charge in [-0.2, -0.15) is 0 Å². The number of carbonyl (C=O) groups is 1. The van der Waals surface area contributed by atoms with Crippen LogP contribution in [0.4, 0.5) is 0 Å². The number of nitrogens with one attached hydrogen (secondary N) is 1. The fraction of sp³-hybridized carbons (Fsp3) is 0.929. The molecule has 0 aromatic heterocycles. The van der Waals surface area contributed by atoms with Crippen LogP contribution in [0.5, 0.6) is 0 Å². The van der Waals surface area contributed by atoms with Crippen LogP contribution in [-0.4, -0.2) is 53.6 Å². The highest BCUT2D eigenvalue weighted by molar-refractivity contribution is 5.91. The van der Waals surface area contributed by atoms with E-state index in [2.05, 4.69) is 31.0 Å². The third-order valence-electron chi connectivity index (χ3n) is 4.53. The third-order valence-corrected chi connectivity index (χ3v) is 4.53. The largest absolute Gasteiger partial charge is 0.326 e. The van der Waals surface area contributed by atoms with Gasteiger partial charge in [-0.05, 0) is 52.2 Å². The van der Waals surface area contributed by atoms with Crippen molar-refractivity contribution in [1.29, 1.82) is 0 Å². The summed E-state index contributed by atoms with van der Waals surface area (Å²) in [6.45, 7) is 10.7. The molecule has 18 heavy (non-hydrogen) atoms. The van der Waals surface area contributed by atoms with Crippen molar-refractivity contribution in [1.82, 2.24) is 15.1 Å². The molecule has 1 saturated heterocycles. The molecular formula is C14H27N3O. The van der Waals surface area contributed by atoms with Gasteiger partial charge >= 0.3 is 0 Å². The molecule has 1 aliphatic carbocycles. The second-order valence-electron chi connectivity index (χ2n) is 5.71. The van der Waals surface area contributed by atoms with Crippen molar-refractivity contribution < 1.29 is 4.79 Å². The van der Waals surface area contributed by atoms with Crippen LogP contribution in [0, 0.1) is 0 Å². The monoisotopic (exact) mass is 253 g/mol. The summed E-state index contributed by atoms with van der Waals surface area (Å²) in [6.07, 6.45) is 4.36. The molecule has 1 spiro atoms. The molecule has 1 unspecified atom stereocenters. The SMILES string of the molecule is CCN(CC)CCCC(C)N1CNC2(CC2)C1=O. The molecule has 2 fully saturated rings. The minimum Gasteiger partial charge on any atom is -0.326 e. The van der Waals surface area contributed by atoms with Gasteiger partial charge in [0.15, 0.2) is 0 Å². The highest BCUT2D eigenvalue weighted by Gasteiger charge is 2.56. The lowest BCUT2D eigenvalue weighted by Crippen LogP contribution is -2.38. The maximum Gasteiger partial charge on any atom is 0.244 e. The van der Waals surface area contributed by atoms with Gasteiger partial charge in [0.05, 0.1) is 12.2 Å². The van der Waals surface area contributed by atoms with E-state index in [1.165, 1.54) is 6.42 Å². The highest BCUT2D eigenvalue weighted by Crippen LogP contribution is 2.40. The normalized spacial score (nSPS) is 23.1. The Morgan fingerprint density at radius 3 is 2.56 bits per heavy atom. The van der Waals surface area contributed by atoms with Crippen LogP contribution in [0.2, 0.25) is 0 Å². The van der Waals surface area contributed by atoms with E-state index in [0.717, 1.165) is 45.6 Å². The Morgan fingerprint density at radius 2 is 2.06 bits per heavy atom. The summed E-state index contributed by atoms with van der Waals surface area (Å²) < 4.78 is 0. The zero-order chi connectivity index (χ0) is 13.2. The second-order valence-corrected chi connectivity index (χ2v) is 5.71. The predicted octanol–water partition coefficient (Wildman–Crippen LogP) is 1.42. The number of carbonyl (C=O) groups excluding carboxylic acids is 1. The number of amides is 1. The Hall–Kier alpha value is -0.610. The molecule has 1 aliphatic heterocycles. The Morgan fingerprint density at radius 1 is 1.39 bits per heavy atom. The first-order valence-electron chi connectivity index (χ1n) is 7.41. The van der Waals surface area contributed by atoms with E-state index in [-0.39, 0.29) is 5.54 Å². The lowest BCUT2D eigenvalue weighted by Gasteiger charge is -2.25. The molecule has 1 amide bonds. The van der Waals surface area contributed by atoms with Gasteiger partial charge in [0, 0.05) is 6.04 Å². The lowest BCUT2D eigenvalue weighted by molar-refractivity contribution is -0.131. The molecule has 0 radical (unpaired) electrons. The summed E-state index contributed by atoms with van der Waals surface area (Å²) in [5.41, 5.74) is -0.132. The zero-order valence-corrected chi connectivity index (χ0v) is 12.0. The topological polar surface area (TPSA) is 35.6 Å². The van der Waals surface area contributed by atoms with Gasteiger partial charge in [0.25, 0.3) is 0 Å². The zero-order valence-electron chi connectivity index (χ0n) is 12.0.